The predicted octanol–water partition coefficient (Wildman–Crippen LogP) is 2.57. The summed E-state index contributed by atoms with van der Waals surface area (Å²) < 4.78 is 0.222. The average Bonchev–Trinajstić information content (AvgIpc) is 2.36. The molecule has 1 aliphatic carbocycles. The second kappa shape index (κ2) is 6.11. The molecular formula is C14H18BrN3O3. The van der Waals surface area contributed by atoms with E-state index in [9.17, 15) is 14.9 Å². The molecule has 0 aliphatic heterocycles. The molecule has 0 bridgehead atoms. The number of nitrogens with one attached hydrogen (secondary N) is 1. The minimum atomic E-state index is -0.506. The van der Waals surface area contributed by atoms with Gasteiger partial charge in [-0.1, -0.05) is 6.07 Å². The summed E-state index contributed by atoms with van der Waals surface area (Å²) in [7, 11) is 4.02. The molecular weight excluding hydrogens is 338 g/mol. The monoisotopic (exact) mass is 355 g/mol. The molecule has 0 spiro atoms. The number of rotatable bonds is 5. The first-order chi connectivity index (χ1) is 9.87. The number of carbonyl (C=O) groups is 1. The van der Waals surface area contributed by atoms with Crippen LogP contribution in [0.1, 0.15) is 29.6 Å². The van der Waals surface area contributed by atoms with Gasteiger partial charge in [0.1, 0.15) is 4.47 Å². The van der Waals surface area contributed by atoms with Crippen LogP contribution < -0.4 is 5.32 Å². The Bertz CT molecular complexity index is 571. The summed E-state index contributed by atoms with van der Waals surface area (Å²) in [6, 6.07) is 4.46. The fourth-order valence-electron chi connectivity index (χ4n) is 2.54. The normalized spacial score (nSPS) is 16.4. The van der Waals surface area contributed by atoms with Crippen LogP contribution in [0.5, 0.6) is 0 Å². The lowest BCUT2D eigenvalue weighted by molar-refractivity contribution is -0.385. The van der Waals surface area contributed by atoms with Gasteiger partial charge in [-0.2, -0.15) is 0 Å². The maximum absolute atomic E-state index is 12.3. The first kappa shape index (κ1) is 15.9. The summed E-state index contributed by atoms with van der Waals surface area (Å²) in [5.74, 6) is -0.293. The number of hydrogen-bond acceptors (Lipinski definition) is 4. The van der Waals surface area contributed by atoms with Gasteiger partial charge in [-0.15, -0.1) is 0 Å². The lowest BCUT2D eigenvalue weighted by Gasteiger charge is -2.47. The van der Waals surface area contributed by atoms with Crippen molar-refractivity contribution in [2.75, 3.05) is 20.6 Å². The van der Waals surface area contributed by atoms with Gasteiger partial charge in [0.15, 0.2) is 0 Å². The molecule has 1 aromatic carbocycles. The summed E-state index contributed by atoms with van der Waals surface area (Å²) in [6.07, 6.45) is 3.27. The van der Waals surface area contributed by atoms with E-state index in [4.69, 9.17) is 0 Å². The fourth-order valence-corrected chi connectivity index (χ4v) is 3.13. The topological polar surface area (TPSA) is 75.5 Å². The lowest BCUT2D eigenvalue weighted by atomic mass is 9.75. The van der Waals surface area contributed by atoms with Crippen LogP contribution in [0.4, 0.5) is 5.69 Å². The molecule has 21 heavy (non-hydrogen) atoms. The molecule has 114 valence electrons. The molecule has 1 aliphatic rings. The zero-order valence-electron chi connectivity index (χ0n) is 12.1. The first-order valence-corrected chi connectivity index (χ1v) is 7.55. The highest BCUT2D eigenvalue weighted by molar-refractivity contribution is 9.10. The number of nitro benzene ring substituents is 1. The second-order valence-corrected chi connectivity index (χ2v) is 6.34. The number of nitrogens with zero attached hydrogens (tertiary/aromatic N) is 2. The van der Waals surface area contributed by atoms with Crippen LogP contribution in [0.2, 0.25) is 0 Å². The van der Waals surface area contributed by atoms with Crippen LogP contribution in [0.25, 0.3) is 0 Å². The molecule has 1 aromatic rings. The molecule has 7 heteroatoms. The van der Waals surface area contributed by atoms with Crippen molar-refractivity contribution < 1.29 is 9.72 Å². The van der Waals surface area contributed by atoms with Gasteiger partial charge in [0.2, 0.25) is 0 Å². The highest BCUT2D eigenvalue weighted by atomic mass is 79.9. The molecule has 0 unspecified atom stereocenters. The predicted molar refractivity (Wildman–Crippen MR) is 83.4 cm³/mol. The standard InChI is InChI=1S/C14H18BrN3O3/c1-17(2)14(7-4-8-14)9-16-13(19)10-5-3-6-11(12(10)15)18(20)21/h3,5-6H,4,7-9H2,1-2H3,(H,16,19). The summed E-state index contributed by atoms with van der Waals surface area (Å²) in [6.45, 7) is 0.550. The molecule has 0 saturated heterocycles. The van der Waals surface area contributed by atoms with Crippen LogP contribution in [-0.2, 0) is 0 Å². The Morgan fingerprint density at radius 3 is 2.62 bits per heavy atom. The molecule has 1 amide bonds. The fraction of sp³-hybridized carbons (Fsp3) is 0.500. The molecule has 1 N–H and O–H groups in total. The smallest absolute Gasteiger partial charge is 0.284 e. The zero-order chi connectivity index (χ0) is 15.6. The van der Waals surface area contributed by atoms with E-state index in [-0.39, 0.29) is 27.2 Å². The highest BCUT2D eigenvalue weighted by Gasteiger charge is 2.39. The molecule has 0 aromatic heterocycles. The van der Waals surface area contributed by atoms with Gasteiger partial charge in [0, 0.05) is 18.2 Å². The lowest BCUT2D eigenvalue weighted by Crippen LogP contribution is -2.57. The second-order valence-electron chi connectivity index (χ2n) is 5.55. The Hall–Kier alpha value is -1.47. The maximum Gasteiger partial charge on any atom is 0.284 e. The minimum Gasteiger partial charge on any atom is -0.350 e. The summed E-state index contributed by atoms with van der Waals surface area (Å²) >= 11 is 3.15. The molecule has 6 nitrogen and oxygen atoms in total. The average molecular weight is 356 g/mol. The van der Waals surface area contributed by atoms with Gasteiger partial charge in [-0.05, 0) is 55.4 Å². The van der Waals surface area contributed by atoms with Crippen molar-refractivity contribution in [3.8, 4) is 0 Å². The Labute approximate surface area is 131 Å². The van der Waals surface area contributed by atoms with Crippen LogP contribution in [0.3, 0.4) is 0 Å². The maximum atomic E-state index is 12.3. The number of nitro groups is 1. The number of halogens is 1. The van der Waals surface area contributed by atoms with Crippen molar-refractivity contribution in [1.82, 2.24) is 10.2 Å². The Morgan fingerprint density at radius 1 is 1.48 bits per heavy atom. The third-order valence-electron chi connectivity index (χ3n) is 4.23. The van der Waals surface area contributed by atoms with Crippen molar-refractivity contribution in [2.24, 2.45) is 0 Å². The van der Waals surface area contributed by atoms with E-state index in [2.05, 4.69) is 26.1 Å². The summed E-state index contributed by atoms with van der Waals surface area (Å²) in [4.78, 5) is 24.8. The van der Waals surface area contributed by atoms with Gasteiger partial charge >= 0.3 is 0 Å². The first-order valence-electron chi connectivity index (χ1n) is 6.76. The van der Waals surface area contributed by atoms with Gasteiger partial charge in [0.05, 0.1) is 10.5 Å². The van der Waals surface area contributed by atoms with E-state index in [1.165, 1.54) is 12.1 Å². The van der Waals surface area contributed by atoms with Gasteiger partial charge in [-0.3, -0.25) is 14.9 Å². The number of hydrogen-bond donors (Lipinski definition) is 1. The van der Waals surface area contributed by atoms with Crippen LogP contribution in [0, 0.1) is 10.1 Å². The van der Waals surface area contributed by atoms with E-state index < -0.39 is 4.92 Å². The number of amides is 1. The van der Waals surface area contributed by atoms with Crippen LogP contribution in [0.15, 0.2) is 22.7 Å². The zero-order valence-corrected chi connectivity index (χ0v) is 13.6. The molecule has 1 fully saturated rings. The molecule has 0 radical (unpaired) electrons. The summed E-state index contributed by atoms with van der Waals surface area (Å²) in [5, 5.41) is 13.8. The Morgan fingerprint density at radius 2 is 2.14 bits per heavy atom. The van der Waals surface area contributed by atoms with Crippen molar-refractivity contribution in [1.29, 1.82) is 0 Å². The van der Waals surface area contributed by atoms with Crippen molar-refractivity contribution in [3.63, 3.8) is 0 Å². The van der Waals surface area contributed by atoms with Crippen LogP contribution in [-0.4, -0.2) is 41.9 Å². The third-order valence-corrected chi connectivity index (χ3v) is 5.06. The minimum absolute atomic E-state index is 0.0167. The van der Waals surface area contributed by atoms with Crippen molar-refractivity contribution in [2.45, 2.75) is 24.8 Å². The van der Waals surface area contributed by atoms with Gasteiger partial charge in [0.25, 0.3) is 11.6 Å². The molecule has 0 atom stereocenters. The summed E-state index contributed by atoms with van der Waals surface area (Å²) in [5.41, 5.74) is 0.203. The molecule has 1 saturated carbocycles. The van der Waals surface area contributed by atoms with Gasteiger partial charge < -0.3 is 10.2 Å². The van der Waals surface area contributed by atoms with Crippen molar-refractivity contribution >= 4 is 27.5 Å². The van der Waals surface area contributed by atoms with E-state index in [0.717, 1.165) is 19.3 Å². The van der Waals surface area contributed by atoms with E-state index >= 15 is 0 Å². The Kier molecular flexibility index (Phi) is 4.63. The van der Waals surface area contributed by atoms with E-state index in [1.807, 2.05) is 14.1 Å². The van der Waals surface area contributed by atoms with E-state index in [1.54, 1.807) is 6.07 Å². The molecule has 0 heterocycles. The largest absolute Gasteiger partial charge is 0.350 e. The highest BCUT2D eigenvalue weighted by Crippen LogP contribution is 2.35. The van der Waals surface area contributed by atoms with E-state index in [0.29, 0.717) is 6.54 Å². The SMILES string of the molecule is CN(C)C1(CNC(=O)c2cccc([N+](=O)[O-])c2Br)CCC1. The third kappa shape index (κ3) is 3.08. The Balaban J connectivity index is 2.11. The number of benzene rings is 1. The van der Waals surface area contributed by atoms with Crippen LogP contribution >= 0.6 is 15.9 Å². The quantitative estimate of drug-likeness (QED) is 0.650. The van der Waals surface area contributed by atoms with Crippen molar-refractivity contribution in [3.05, 3.63) is 38.3 Å². The van der Waals surface area contributed by atoms with Gasteiger partial charge in [-0.25, -0.2) is 0 Å². The number of carbonyl (C=O) groups excluding carboxylic acids is 1. The number of likely N-dealkylation sites (N-methyl/N-ethyl adjacent to an activating group) is 1. The molecule has 2 rings (SSSR count).